The first-order valence-electron chi connectivity index (χ1n) is 8.58. The van der Waals surface area contributed by atoms with Gasteiger partial charge in [-0.15, -0.1) is 0 Å². The summed E-state index contributed by atoms with van der Waals surface area (Å²) in [6.45, 7) is -0.0806. The first-order chi connectivity index (χ1) is 13.6. The first-order valence-corrected chi connectivity index (χ1v) is 8.58. The van der Waals surface area contributed by atoms with E-state index in [1.165, 1.54) is 0 Å². The Kier molecular flexibility index (Phi) is 6.01. The molecule has 8 nitrogen and oxygen atoms in total. The van der Waals surface area contributed by atoms with Crippen molar-refractivity contribution in [3.8, 4) is 5.75 Å². The van der Waals surface area contributed by atoms with Crippen LogP contribution in [0.4, 0.5) is 0 Å². The maximum atomic E-state index is 12.0. The third kappa shape index (κ3) is 4.73. The molecule has 0 aliphatic rings. The van der Waals surface area contributed by atoms with E-state index in [0.717, 1.165) is 11.3 Å². The molecule has 144 valence electrons. The number of rotatable bonds is 7. The van der Waals surface area contributed by atoms with Crippen LogP contribution in [0.1, 0.15) is 11.3 Å². The van der Waals surface area contributed by atoms with Crippen molar-refractivity contribution in [3.05, 3.63) is 70.1 Å². The minimum Gasteiger partial charge on any atom is -0.497 e. The zero-order valence-corrected chi connectivity index (χ0v) is 15.2. The van der Waals surface area contributed by atoms with Crippen molar-refractivity contribution in [2.45, 2.75) is 13.0 Å². The Bertz CT molecular complexity index is 1040. The van der Waals surface area contributed by atoms with E-state index in [0.29, 0.717) is 23.0 Å². The highest BCUT2D eigenvalue weighted by Gasteiger charge is 2.13. The molecule has 0 bridgehead atoms. The fourth-order valence-electron chi connectivity index (χ4n) is 2.64. The molecule has 3 aromatic rings. The molecule has 2 aromatic carbocycles. The van der Waals surface area contributed by atoms with Crippen LogP contribution >= 0.6 is 0 Å². The molecule has 0 fully saturated rings. The molecule has 0 spiro atoms. The van der Waals surface area contributed by atoms with Gasteiger partial charge in [0.2, 0.25) is 0 Å². The fraction of sp³-hybridized carbons (Fsp3) is 0.200. The number of ether oxygens (including phenoxy) is 2. The van der Waals surface area contributed by atoms with Crippen molar-refractivity contribution in [2.24, 2.45) is 0 Å². The van der Waals surface area contributed by atoms with Gasteiger partial charge in [0.25, 0.3) is 11.5 Å². The Morgan fingerprint density at radius 3 is 2.50 bits per heavy atom. The number of hydrogen-bond acceptors (Lipinski definition) is 6. The summed E-state index contributed by atoms with van der Waals surface area (Å²) in [6, 6.07) is 14.1. The summed E-state index contributed by atoms with van der Waals surface area (Å²) in [5, 5.41) is 9.96. The van der Waals surface area contributed by atoms with E-state index in [1.807, 2.05) is 12.1 Å². The van der Waals surface area contributed by atoms with E-state index in [2.05, 4.69) is 15.5 Å². The van der Waals surface area contributed by atoms with Gasteiger partial charge in [-0.05, 0) is 23.8 Å². The molecule has 2 N–H and O–H groups in total. The largest absolute Gasteiger partial charge is 0.497 e. The Balaban J connectivity index is 1.51. The Morgan fingerprint density at radius 1 is 1.07 bits per heavy atom. The van der Waals surface area contributed by atoms with E-state index < -0.39 is 18.5 Å². The lowest BCUT2D eigenvalue weighted by molar-refractivity contribution is -0.147. The molecular weight excluding hydrogens is 362 g/mol. The van der Waals surface area contributed by atoms with E-state index in [1.54, 1.807) is 43.5 Å². The van der Waals surface area contributed by atoms with Gasteiger partial charge in [-0.1, -0.05) is 30.3 Å². The molecule has 0 aliphatic heterocycles. The van der Waals surface area contributed by atoms with Crippen LogP contribution in [0.3, 0.4) is 0 Å². The second-order valence-corrected chi connectivity index (χ2v) is 6.01. The molecule has 0 saturated carbocycles. The molecular formula is C20H19N3O5. The zero-order chi connectivity index (χ0) is 19.9. The average Bonchev–Trinajstić information content (AvgIpc) is 2.73. The van der Waals surface area contributed by atoms with E-state index in [-0.39, 0.29) is 12.0 Å². The van der Waals surface area contributed by atoms with Gasteiger partial charge >= 0.3 is 5.97 Å². The SMILES string of the molecule is COc1ccc(CNC(=O)COC(=O)Cc2n[nH]c(=O)c3ccccc23)cc1. The number of methoxy groups -OCH3 is 1. The maximum Gasteiger partial charge on any atom is 0.312 e. The van der Waals surface area contributed by atoms with Crippen LogP contribution in [0.25, 0.3) is 10.8 Å². The first kappa shape index (κ1) is 19.1. The zero-order valence-electron chi connectivity index (χ0n) is 15.2. The second-order valence-electron chi connectivity index (χ2n) is 6.01. The van der Waals surface area contributed by atoms with Crippen LogP contribution in [-0.2, 0) is 27.3 Å². The van der Waals surface area contributed by atoms with Crippen molar-refractivity contribution < 1.29 is 19.1 Å². The number of amides is 1. The van der Waals surface area contributed by atoms with Gasteiger partial charge in [0.05, 0.1) is 24.6 Å². The topological polar surface area (TPSA) is 110 Å². The van der Waals surface area contributed by atoms with Gasteiger partial charge < -0.3 is 14.8 Å². The highest BCUT2D eigenvalue weighted by Crippen LogP contribution is 2.13. The number of H-pyrrole nitrogens is 1. The number of fused-ring (bicyclic) bond motifs is 1. The van der Waals surface area contributed by atoms with Crippen LogP contribution < -0.4 is 15.6 Å². The van der Waals surface area contributed by atoms with Gasteiger partial charge in [0.15, 0.2) is 6.61 Å². The van der Waals surface area contributed by atoms with Gasteiger partial charge in [0.1, 0.15) is 5.75 Å². The number of hydrogen-bond donors (Lipinski definition) is 2. The maximum absolute atomic E-state index is 12.0. The van der Waals surface area contributed by atoms with Gasteiger partial charge in [-0.2, -0.15) is 5.10 Å². The predicted octanol–water partition coefficient (Wildman–Crippen LogP) is 1.33. The van der Waals surface area contributed by atoms with Crippen LogP contribution in [0.15, 0.2) is 53.3 Å². The average molecular weight is 381 g/mol. The summed E-state index contributed by atoms with van der Waals surface area (Å²) in [4.78, 5) is 35.7. The lowest BCUT2D eigenvalue weighted by Crippen LogP contribution is -2.28. The number of carbonyl (C=O) groups excluding carboxylic acids is 2. The van der Waals surface area contributed by atoms with Crippen LogP contribution in [-0.4, -0.2) is 35.8 Å². The third-order valence-electron chi connectivity index (χ3n) is 4.10. The van der Waals surface area contributed by atoms with Crippen molar-refractivity contribution >= 4 is 22.6 Å². The van der Waals surface area contributed by atoms with Crippen molar-refractivity contribution in [1.29, 1.82) is 0 Å². The van der Waals surface area contributed by atoms with Crippen molar-refractivity contribution in [3.63, 3.8) is 0 Å². The smallest absolute Gasteiger partial charge is 0.312 e. The summed E-state index contributed by atoms with van der Waals surface area (Å²) >= 11 is 0. The number of carbonyl (C=O) groups is 2. The molecule has 8 heteroatoms. The number of benzene rings is 2. The monoisotopic (exact) mass is 381 g/mol. The number of esters is 1. The second kappa shape index (κ2) is 8.81. The Labute approximate surface area is 160 Å². The normalized spacial score (nSPS) is 10.5. The van der Waals surface area contributed by atoms with E-state index in [4.69, 9.17) is 9.47 Å². The van der Waals surface area contributed by atoms with Gasteiger partial charge in [0, 0.05) is 11.9 Å². The third-order valence-corrected chi connectivity index (χ3v) is 4.10. The predicted molar refractivity (Wildman–Crippen MR) is 102 cm³/mol. The standard InChI is InChI=1S/C20H19N3O5/c1-27-14-8-6-13(7-9-14)11-21-18(24)12-28-19(25)10-17-15-4-2-3-5-16(15)20(26)23-22-17/h2-9H,10-12H2,1H3,(H,21,24)(H,23,26). The van der Waals surface area contributed by atoms with E-state index >= 15 is 0 Å². The molecule has 1 amide bonds. The van der Waals surface area contributed by atoms with Crippen LogP contribution in [0.5, 0.6) is 5.75 Å². The lowest BCUT2D eigenvalue weighted by Gasteiger charge is -2.08. The summed E-state index contributed by atoms with van der Waals surface area (Å²) in [5.74, 6) is -0.292. The number of nitrogens with zero attached hydrogens (tertiary/aromatic N) is 1. The number of nitrogens with one attached hydrogen (secondary N) is 2. The molecule has 28 heavy (non-hydrogen) atoms. The quantitative estimate of drug-likeness (QED) is 0.598. The summed E-state index contributed by atoms with van der Waals surface area (Å²) < 4.78 is 10.1. The molecule has 0 unspecified atom stereocenters. The van der Waals surface area contributed by atoms with Gasteiger partial charge in [-0.25, -0.2) is 5.10 Å². The molecule has 3 rings (SSSR count). The lowest BCUT2D eigenvalue weighted by atomic mass is 10.1. The summed E-state index contributed by atoms with van der Waals surface area (Å²) in [6.07, 6.45) is -0.150. The summed E-state index contributed by atoms with van der Waals surface area (Å²) in [5.41, 5.74) is 0.953. The van der Waals surface area contributed by atoms with Crippen LogP contribution in [0.2, 0.25) is 0 Å². The van der Waals surface area contributed by atoms with E-state index in [9.17, 15) is 14.4 Å². The Morgan fingerprint density at radius 2 is 1.79 bits per heavy atom. The minimum absolute atomic E-state index is 0.150. The Hall–Kier alpha value is -3.68. The molecule has 0 saturated heterocycles. The fourth-order valence-corrected chi connectivity index (χ4v) is 2.64. The number of aromatic nitrogens is 2. The molecule has 1 heterocycles. The molecule has 1 aromatic heterocycles. The van der Waals surface area contributed by atoms with Crippen LogP contribution in [0, 0.1) is 0 Å². The highest BCUT2D eigenvalue weighted by molar-refractivity contribution is 5.87. The molecule has 0 aliphatic carbocycles. The van der Waals surface area contributed by atoms with Gasteiger partial charge in [-0.3, -0.25) is 14.4 Å². The minimum atomic E-state index is -0.607. The molecule has 0 radical (unpaired) electrons. The highest BCUT2D eigenvalue weighted by atomic mass is 16.5. The molecule has 0 atom stereocenters. The number of aromatic amines is 1. The van der Waals surface area contributed by atoms with Crippen molar-refractivity contribution in [1.82, 2.24) is 15.5 Å². The summed E-state index contributed by atoms with van der Waals surface area (Å²) in [7, 11) is 1.58. The van der Waals surface area contributed by atoms with Crippen molar-refractivity contribution in [2.75, 3.05) is 13.7 Å².